The van der Waals surface area contributed by atoms with Gasteiger partial charge in [0.15, 0.2) is 0 Å². The van der Waals surface area contributed by atoms with E-state index in [4.69, 9.17) is 8.83 Å². The molecule has 2 heterocycles. The molecule has 0 amide bonds. The van der Waals surface area contributed by atoms with Gasteiger partial charge in [0.2, 0.25) is 0 Å². The fraction of sp³-hybridized carbons (Fsp3) is 0. The summed E-state index contributed by atoms with van der Waals surface area (Å²) in [7, 11) is 0. The highest BCUT2D eigenvalue weighted by Crippen LogP contribution is 2.47. The molecule has 0 saturated heterocycles. The Morgan fingerprint density at radius 1 is 0.381 bits per heavy atom. The van der Waals surface area contributed by atoms with E-state index >= 15 is 0 Å². The van der Waals surface area contributed by atoms with E-state index in [1.165, 1.54) is 54.9 Å². The maximum atomic E-state index is 6.40. The van der Waals surface area contributed by atoms with Gasteiger partial charge in [-0.05, 0) is 73.1 Å². The zero-order valence-corrected chi connectivity index (χ0v) is 22.7. The summed E-state index contributed by atoms with van der Waals surface area (Å²) in [5, 5.41) is 8.23. The van der Waals surface area contributed by atoms with Gasteiger partial charge in [0.25, 0.3) is 0 Å². The third-order valence-corrected chi connectivity index (χ3v) is 8.55. The number of fused-ring (bicyclic) bond motifs is 6. The molecule has 0 fully saturated rings. The molecule has 196 valence electrons. The van der Waals surface area contributed by atoms with E-state index in [0.29, 0.717) is 0 Å². The molecule has 0 N–H and O–H groups in total. The van der Waals surface area contributed by atoms with E-state index in [1.807, 2.05) is 12.1 Å². The van der Waals surface area contributed by atoms with E-state index in [9.17, 15) is 0 Å². The van der Waals surface area contributed by atoms with Gasteiger partial charge in [0.05, 0.1) is 6.26 Å². The van der Waals surface area contributed by atoms with Gasteiger partial charge in [-0.1, -0.05) is 115 Å². The Kier molecular flexibility index (Phi) is 4.93. The molecule has 9 rings (SSSR count). The Hall–Kier alpha value is -5.60. The predicted molar refractivity (Wildman–Crippen MR) is 175 cm³/mol. The van der Waals surface area contributed by atoms with E-state index in [-0.39, 0.29) is 0 Å². The molecule has 7 aromatic carbocycles. The number of rotatable bonds is 3. The van der Waals surface area contributed by atoms with Crippen molar-refractivity contribution in [3.63, 3.8) is 0 Å². The number of hydrogen-bond donors (Lipinski definition) is 0. The molecule has 0 bridgehead atoms. The number of furan rings is 2. The fourth-order valence-electron chi connectivity index (χ4n) is 6.68. The third-order valence-electron chi connectivity index (χ3n) is 8.55. The Labute approximate surface area is 242 Å². The minimum atomic E-state index is 0.835. The molecule has 2 nitrogen and oxygen atoms in total. The molecule has 0 unspecified atom stereocenters. The van der Waals surface area contributed by atoms with Gasteiger partial charge in [0.1, 0.15) is 16.7 Å². The van der Waals surface area contributed by atoms with Crippen LogP contribution in [0.1, 0.15) is 0 Å². The van der Waals surface area contributed by atoms with E-state index in [2.05, 4.69) is 127 Å². The molecule has 0 aliphatic heterocycles. The largest absolute Gasteiger partial charge is 0.464 e. The first-order valence-electron chi connectivity index (χ1n) is 14.3. The van der Waals surface area contributed by atoms with Crippen molar-refractivity contribution in [2.75, 3.05) is 0 Å². The molecular weight excluding hydrogens is 512 g/mol. The third kappa shape index (κ3) is 3.39. The lowest BCUT2D eigenvalue weighted by atomic mass is 9.84. The first-order chi connectivity index (χ1) is 20.8. The van der Waals surface area contributed by atoms with Crippen LogP contribution in [0.15, 0.2) is 155 Å². The number of benzene rings is 7. The molecule has 9 aromatic rings. The predicted octanol–water partition coefficient (Wildman–Crippen LogP) is 11.6. The summed E-state index contributed by atoms with van der Waals surface area (Å²) in [5.74, 6) is 0. The van der Waals surface area contributed by atoms with Crippen molar-refractivity contribution in [1.82, 2.24) is 0 Å². The Bertz CT molecular complexity index is 2380. The molecule has 0 radical (unpaired) electrons. The van der Waals surface area contributed by atoms with Gasteiger partial charge in [0, 0.05) is 22.2 Å². The molecule has 0 aliphatic carbocycles. The van der Waals surface area contributed by atoms with Crippen LogP contribution in [-0.2, 0) is 0 Å². The van der Waals surface area contributed by atoms with Crippen molar-refractivity contribution in [1.29, 1.82) is 0 Å². The second-order valence-corrected chi connectivity index (χ2v) is 10.9. The second-order valence-electron chi connectivity index (χ2n) is 10.9. The van der Waals surface area contributed by atoms with Gasteiger partial charge in [-0.3, -0.25) is 0 Å². The maximum Gasteiger partial charge on any atom is 0.139 e. The van der Waals surface area contributed by atoms with Crippen molar-refractivity contribution in [2.45, 2.75) is 0 Å². The average Bonchev–Trinajstić information content (AvgIpc) is 3.66. The average molecular weight is 537 g/mol. The highest BCUT2D eigenvalue weighted by molar-refractivity contribution is 6.26. The summed E-state index contributed by atoms with van der Waals surface area (Å²) >= 11 is 0. The normalized spacial score (nSPS) is 11.8. The van der Waals surface area contributed by atoms with Gasteiger partial charge >= 0.3 is 0 Å². The van der Waals surface area contributed by atoms with Gasteiger partial charge < -0.3 is 8.83 Å². The van der Waals surface area contributed by atoms with Crippen molar-refractivity contribution in [2.24, 2.45) is 0 Å². The van der Waals surface area contributed by atoms with Crippen LogP contribution in [0.2, 0.25) is 0 Å². The topological polar surface area (TPSA) is 26.3 Å². The molecule has 2 heteroatoms. The van der Waals surface area contributed by atoms with Crippen LogP contribution in [0.5, 0.6) is 0 Å². The Balaban J connectivity index is 1.36. The summed E-state index contributed by atoms with van der Waals surface area (Å²) in [6.07, 6.45) is 1.73. The van der Waals surface area contributed by atoms with Crippen LogP contribution in [0.4, 0.5) is 0 Å². The number of hydrogen-bond acceptors (Lipinski definition) is 2. The minimum Gasteiger partial charge on any atom is -0.464 e. The summed E-state index contributed by atoms with van der Waals surface area (Å²) < 4.78 is 12.1. The standard InChI is InChI=1S/C40H24O2/c1-2-9-25(10-3-1)26-17-19-27(20-18-26)38-29-11-4-6-13-31(29)39(32-14-7-5-12-30(32)38)33-15-8-16-35-40(33)34-23-28-21-22-41-36(28)24-37(34)42-35/h1-24H. The maximum absolute atomic E-state index is 6.40. The molecular formula is C40H24O2. The van der Waals surface area contributed by atoms with Crippen LogP contribution in [0.3, 0.4) is 0 Å². The van der Waals surface area contributed by atoms with Crippen molar-refractivity contribution < 1.29 is 8.83 Å². The Morgan fingerprint density at radius 3 is 1.71 bits per heavy atom. The molecule has 0 atom stereocenters. The van der Waals surface area contributed by atoms with Gasteiger partial charge in [-0.25, -0.2) is 0 Å². The molecule has 0 spiro atoms. The lowest BCUT2D eigenvalue weighted by Crippen LogP contribution is -1.91. The summed E-state index contributed by atoms with van der Waals surface area (Å²) in [6.45, 7) is 0. The van der Waals surface area contributed by atoms with Crippen LogP contribution >= 0.6 is 0 Å². The van der Waals surface area contributed by atoms with Crippen LogP contribution in [-0.4, -0.2) is 0 Å². The zero-order chi connectivity index (χ0) is 27.6. The second kappa shape index (κ2) is 8.95. The van der Waals surface area contributed by atoms with Crippen molar-refractivity contribution >= 4 is 54.5 Å². The summed E-state index contributed by atoms with van der Waals surface area (Å²) in [4.78, 5) is 0. The van der Waals surface area contributed by atoms with Gasteiger partial charge in [-0.15, -0.1) is 0 Å². The molecule has 0 aliphatic rings. The van der Waals surface area contributed by atoms with Crippen molar-refractivity contribution in [3.05, 3.63) is 146 Å². The van der Waals surface area contributed by atoms with E-state index in [0.717, 1.165) is 32.9 Å². The smallest absolute Gasteiger partial charge is 0.139 e. The summed E-state index contributed by atoms with van der Waals surface area (Å²) in [5.41, 5.74) is 9.86. The highest BCUT2D eigenvalue weighted by Gasteiger charge is 2.20. The fourth-order valence-corrected chi connectivity index (χ4v) is 6.68. The lowest BCUT2D eigenvalue weighted by molar-refractivity contribution is 0.613. The van der Waals surface area contributed by atoms with Crippen LogP contribution in [0, 0.1) is 0 Å². The SMILES string of the molecule is c1ccc(-c2ccc(-c3c4ccccc4c(-c4cccc5oc6cc7occc7cc6c45)c4ccccc34)cc2)cc1. The molecule has 2 aromatic heterocycles. The monoisotopic (exact) mass is 536 g/mol. The zero-order valence-electron chi connectivity index (χ0n) is 22.7. The van der Waals surface area contributed by atoms with Crippen LogP contribution in [0.25, 0.3) is 87.8 Å². The first-order valence-corrected chi connectivity index (χ1v) is 14.3. The van der Waals surface area contributed by atoms with E-state index < -0.39 is 0 Å². The highest BCUT2D eigenvalue weighted by atomic mass is 16.3. The van der Waals surface area contributed by atoms with Crippen LogP contribution < -0.4 is 0 Å². The quantitative estimate of drug-likeness (QED) is 0.210. The Morgan fingerprint density at radius 2 is 1.00 bits per heavy atom. The van der Waals surface area contributed by atoms with Gasteiger partial charge in [-0.2, -0.15) is 0 Å². The van der Waals surface area contributed by atoms with E-state index in [1.54, 1.807) is 6.26 Å². The molecule has 0 saturated carbocycles. The van der Waals surface area contributed by atoms with Crippen molar-refractivity contribution in [3.8, 4) is 33.4 Å². The minimum absolute atomic E-state index is 0.835. The first kappa shape index (κ1) is 23.1. The summed E-state index contributed by atoms with van der Waals surface area (Å²) in [6, 6.07) is 49.8. The molecule has 42 heavy (non-hydrogen) atoms. The lowest BCUT2D eigenvalue weighted by Gasteiger charge is -2.18.